The van der Waals surface area contributed by atoms with E-state index in [1.807, 2.05) is 0 Å². The van der Waals surface area contributed by atoms with Crippen LogP contribution in [0.5, 0.6) is 0 Å². The van der Waals surface area contributed by atoms with Crippen LogP contribution in [-0.4, -0.2) is 40.0 Å². The fourth-order valence-corrected chi connectivity index (χ4v) is 3.43. The predicted octanol–water partition coefficient (Wildman–Crippen LogP) is 2.34. The third kappa shape index (κ3) is 2.47. The number of aryl methyl sites for hydroxylation is 1. The lowest BCUT2D eigenvalue weighted by Gasteiger charge is -2.32. The molecular formula is C14H20N4O2. The summed E-state index contributed by atoms with van der Waals surface area (Å²) < 4.78 is 0. The molecule has 2 aliphatic heterocycles. The van der Waals surface area contributed by atoms with Gasteiger partial charge in [-0.05, 0) is 38.8 Å². The fraction of sp³-hybridized carbons (Fsp3) is 0.643. The maximum atomic E-state index is 10.8. The minimum atomic E-state index is -0.384. The highest BCUT2D eigenvalue weighted by Crippen LogP contribution is 2.29. The van der Waals surface area contributed by atoms with Gasteiger partial charge in [0.15, 0.2) is 0 Å². The van der Waals surface area contributed by atoms with Crippen molar-refractivity contribution >= 4 is 11.5 Å². The van der Waals surface area contributed by atoms with Crippen LogP contribution in [0.3, 0.4) is 0 Å². The molecule has 1 N–H and O–H groups in total. The summed E-state index contributed by atoms with van der Waals surface area (Å²) in [7, 11) is 0. The van der Waals surface area contributed by atoms with Gasteiger partial charge >= 0.3 is 0 Å². The second-order valence-corrected chi connectivity index (χ2v) is 5.70. The average Bonchev–Trinajstić information content (AvgIpc) is 2.82. The largest absolute Gasteiger partial charge is 0.366 e. The number of rotatable bonds is 3. The number of aromatic nitrogens is 1. The van der Waals surface area contributed by atoms with Crippen molar-refractivity contribution in [3.63, 3.8) is 0 Å². The molecule has 2 atom stereocenters. The summed E-state index contributed by atoms with van der Waals surface area (Å²) in [6.45, 7) is 4.04. The standard InChI is InChI=1S/C14H20N4O2/c1-10-12(18(19)20)5-6-14(15-10)16-11-7-9-17-8-3-2-4-13(11)17/h5-6,11,13H,2-4,7-9H2,1H3,(H,15,16). The number of anilines is 1. The molecule has 3 heterocycles. The van der Waals surface area contributed by atoms with Crippen LogP contribution in [0.25, 0.3) is 0 Å². The Morgan fingerprint density at radius 2 is 2.20 bits per heavy atom. The van der Waals surface area contributed by atoms with Crippen molar-refractivity contribution < 1.29 is 4.92 Å². The lowest BCUT2D eigenvalue weighted by Crippen LogP contribution is -2.41. The first-order chi connectivity index (χ1) is 9.65. The third-order valence-electron chi connectivity index (χ3n) is 4.44. The number of piperidine rings is 1. The first-order valence-electron chi connectivity index (χ1n) is 7.28. The van der Waals surface area contributed by atoms with E-state index >= 15 is 0 Å². The molecule has 0 bridgehead atoms. The van der Waals surface area contributed by atoms with Crippen molar-refractivity contribution in [1.82, 2.24) is 9.88 Å². The van der Waals surface area contributed by atoms with Crippen LogP contribution in [0.15, 0.2) is 12.1 Å². The molecule has 6 nitrogen and oxygen atoms in total. The Balaban J connectivity index is 1.72. The molecule has 20 heavy (non-hydrogen) atoms. The van der Waals surface area contributed by atoms with Crippen LogP contribution in [0.4, 0.5) is 11.5 Å². The summed E-state index contributed by atoms with van der Waals surface area (Å²) in [5, 5.41) is 14.3. The lowest BCUT2D eigenvalue weighted by molar-refractivity contribution is -0.385. The average molecular weight is 276 g/mol. The van der Waals surface area contributed by atoms with Gasteiger partial charge in [0.25, 0.3) is 5.69 Å². The van der Waals surface area contributed by atoms with Gasteiger partial charge in [0.1, 0.15) is 11.5 Å². The maximum Gasteiger partial charge on any atom is 0.290 e. The van der Waals surface area contributed by atoms with Gasteiger partial charge in [-0.15, -0.1) is 0 Å². The van der Waals surface area contributed by atoms with Gasteiger partial charge in [0, 0.05) is 24.7 Å². The molecule has 2 unspecified atom stereocenters. The Morgan fingerprint density at radius 1 is 1.35 bits per heavy atom. The minimum absolute atomic E-state index is 0.0845. The Bertz CT molecular complexity index is 520. The van der Waals surface area contributed by atoms with Crippen LogP contribution in [-0.2, 0) is 0 Å². The molecule has 1 aromatic heterocycles. The Morgan fingerprint density at radius 3 is 2.95 bits per heavy atom. The van der Waals surface area contributed by atoms with Gasteiger partial charge in [0.2, 0.25) is 0 Å². The molecule has 2 aliphatic rings. The first-order valence-corrected chi connectivity index (χ1v) is 7.28. The smallest absolute Gasteiger partial charge is 0.290 e. The first kappa shape index (κ1) is 13.3. The van der Waals surface area contributed by atoms with Gasteiger partial charge in [-0.25, -0.2) is 4.98 Å². The second kappa shape index (κ2) is 5.36. The van der Waals surface area contributed by atoms with Gasteiger partial charge < -0.3 is 5.32 Å². The maximum absolute atomic E-state index is 10.8. The van der Waals surface area contributed by atoms with Crippen molar-refractivity contribution in [2.24, 2.45) is 0 Å². The van der Waals surface area contributed by atoms with E-state index in [2.05, 4.69) is 15.2 Å². The molecular weight excluding hydrogens is 256 g/mol. The predicted molar refractivity (Wildman–Crippen MR) is 76.9 cm³/mol. The van der Waals surface area contributed by atoms with Gasteiger partial charge in [-0.3, -0.25) is 15.0 Å². The van der Waals surface area contributed by atoms with E-state index in [0.29, 0.717) is 17.8 Å². The van der Waals surface area contributed by atoms with Crippen LogP contribution >= 0.6 is 0 Å². The highest BCUT2D eigenvalue weighted by molar-refractivity contribution is 5.45. The van der Waals surface area contributed by atoms with E-state index in [1.54, 1.807) is 13.0 Å². The molecule has 6 heteroatoms. The lowest BCUT2D eigenvalue weighted by atomic mass is 9.99. The number of nitrogens with one attached hydrogen (secondary N) is 1. The number of nitrogens with zero attached hydrogens (tertiary/aromatic N) is 3. The molecule has 0 spiro atoms. The normalized spacial score (nSPS) is 26.2. The summed E-state index contributed by atoms with van der Waals surface area (Å²) in [5.74, 6) is 0.755. The number of hydrogen-bond donors (Lipinski definition) is 1. The molecule has 0 saturated carbocycles. The molecule has 108 valence electrons. The molecule has 2 fully saturated rings. The van der Waals surface area contributed by atoms with E-state index < -0.39 is 0 Å². The van der Waals surface area contributed by atoms with Crippen molar-refractivity contribution in [1.29, 1.82) is 0 Å². The fourth-order valence-electron chi connectivity index (χ4n) is 3.43. The number of nitro groups is 1. The second-order valence-electron chi connectivity index (χ2n) is 5.70. The summed E-state index contributed by atoms with van der Waals surface area (Å²) in [6.07, 6.45) is 4.97. The summed E-state index contributed by atoms with van der Waals surface area (Å²) in [5.41, 5.74) is 0.555. The molecule has 1 aromatic rings. The Kier molecular flexibility index (Phi) is 3.56. The molecule has 0 amide bonds. The van der Waals surface area contributed by atoms with Crippen LogP contribution in [0.2, 0.25) is 0 Å². The van der Waals surface area contributed by atoms with E-state index in [1.165, 1.54) is 31.9 Å². The molecule has 2 saturated heterocycles. The van der Waals surface area contributed by atoms with E-state index in [9.17, 15) is 10.1 Å². The summed E-state index contributed by atoms with van der Waals surface area (Å²) in [4.78, 5) is 17.3. The highest BCUT2D eigenvalue weighted by Gasteiger charge is 2.35. The van der Waals surface area contributed by atoms with Crippen molar-refractivity contribution in [3.8, 4) is 0 Å². The molecule has 0 radical (unpaired) electrons. The molecule has 0 aromatic carbocycles. The molecule has 3 rings (SSSR count). The topological polar surface area (TPSA) is 71.3 Å². The quantitative estimate of drug-likeness (QED) is 0.677. The van der Waals surface area contributed by atoms with E-state index in [4.69, 9.17) is 0 Å². The van der Waals surface area contributed by atoms with Gasteiger partial charge in [-0.1, -0.05) is 6.42 Å². The monoisotopic (exact) mass is 276 g/mol. The van der Waals surface area contributed by atoms with Crippen LogP contribution in [0, 0.1) is 17.0 Å². The zero-order valence-electron chi connectivity index (χ0n) is 11.7. The zero-order valence-corrected chi connectivity index (χ0v) is 11.7. The van der Waals surface area contributed by atoms with Gasteiger partial charge in [0.05, 0.1) is 4.92 Å². The SMILES string of the molecule is Cc1nc(NC2CCN3CCCCC23)ccc1[N+](=O)[O-]. The van der Waals surface area contributed by atoms with E-state index in [0.717, 1.165) is 18.8 Å². The van der Waals surface area contributed by atoms with Crippen LogP contribution < -0.4 is 5.32 Å². The third-order valence-corrected chi connectivity index (χ3v) is 4.44. The zero-order chi connectivity index (χ0) is 14.1. The number of pyridine rings is 1. The Hall–Kier alpha value is -1.69. The Labute approximate surface area is 118 Å². The number of hydrogen-bond acceptors (Lipinski definition) is 5. The summed E-state index contributed by atoms with van der Waals surface area (Å²) in [6, 6.07) is 4.28. The minimum Gasteiger partial charge on any atom is -0.366 e. The van der Waals surface area contributed by atoms with E-state index in [-0.39, 0.29) is 10.6 Å². The number of fused-ring (bicyclic) bond motifs is 1. The molecule has 0 aliphatic carbocycles. The highest BCUT2D eigenvalue weighted by atomic mass is 16.6. The van der Waals surface area contributed by atoms with Gasteiger partial charge in [-0.2, -0.15) is 0 Å². The van der Waals surface area contributed by atoms with Crippen molar-refractivity contribution in [2.45, 2.75) is 44.7 Å². The van der Waals surface area contributed by atoms with Crippen LogP contribution in [0.1, 0.15) is 31.4 Å². The summed E-state index contributed by atoms with van der Waals surface area (Å²) >= 11 is 0. The van der Waals surface area contributed by atoms with Crippen molar-refractivity contribution in [3.05, 3.63) is 27.9 Å². The van der Waals surface area contributed by atoms with Crippen molar-refractivity contribution in [2.75, 3.05) is 18.4 Å².